The zero-order valence-electron chi connectivity index (χ0n) is 8.20. The van der Waals surface area contributed by atoms with Crippen LogP contribution in [-0.2, 0) is 0 Å². The maximum atomic E-state index is 8.70. The zero-order valence-corrected chi connectivity index (χ0v) is 8.20. The lowest BCUT2D eigenvalue weighted by atomic mass is 9.86. The molecular weight excluding hydrogens is 158 g/mol. The third-order valence-electron chi connectivity index (χ3n) is 2.34. The van der Waals surface area contributed by atoms with Gasteiger partial charge in [0.1, 0.15) is 0 Å². The van der Waals surface area contributed by atoms with Crippen molar-refractivity contribution >= 4 is 0 Å². The quantitative estimate of drug-likeness (QED) is 0.687. The van der Waals surface area contributed by atoms with Crippen molar-refractivity contribution in [3.8, 4) is 6.07 Å². The summed E-state index contributed by atoms with van der Waals surface area (Å²) in [4.78, 5) is 0. The van der Waals surface area contributed by atoms with E-state index in [1.807, 2.05) is 18.2 Å². The molecule has 0 fully saturated rings. The first-order valence-corrected chi connectivity index (χ1v) is 4.67. The van der Waals surface area contributed by atoms with Crippen LogP contribution in [0.3, 0.4) is 0 Å². The average molecular weight is 173 g/mol. The fourth-order valence-electron chi connectivity index (χ4n) is 1.54. The Labute approximate surface area is 80.0 Å². The first-order chi connectivity index (χ1) is 6.25. The molecule has 0 aromatic heterocycles. The second-order valence-electron chi connectivity index (χ2n) is 3.62. The lowest BCUT2D eigenvalue weighted by Gasteiger charge is -2.17. The summed E-state index contributed by atoms with van der Waals surface area (Å²) in [6, 6.07) is 12.5. The minimum atomic E-state index is 0.381. The van der Waals surface area contributed by atoms with E-state index in [4.69, 9.17) is 5.26 Å². The van der Waals surface area contributed by atoms with Crippen LogP contribution in [0.5, 0.6) is 0 Å². The minimum Gasteiger partial charge on any atom is -0.198 e. The molecule has 0 N–H and O–H groups in total. The molecule has 0 aliphatic carbocycles. The fraction of sp³-hybridized carbons (Fsp3) is 0.417. The van der Waals surface area contributed by atoms with E-state index >= 15 is 0 Å². The van der Waals surface area contributed by atoms with Crippen LogP contribution in [0, 0.1) is 17.2 Å². The molecule has 0 spiro atoms. The van der Waals surface area contributed by atoms with Crippen molar-refractivity contribution in [1.29, 1.82) is 5.26 Å². The summed E-state index contributed by atoms with van der Waals surface area (Å²) < 4.78 is 0. The van der Waals surface area contributed by atoms with Crippen molar-refractivity contribution in [2.75, 3.05) is 0 Å². The lowest BCUT2D eigenvalue weighted by molar-refractivity contribution is 0.506. The number of hydrogen-bond acceptors (Lipinski definition) is 1. The number of benzene rings is 1. The van der Waals surface area contributed by atoms with E-state index < -0.39 is 0 Å². The minimum absolute atomic E-state index is 0.381. The number of rotatable bonds is 3. The number of nitriles is 1. The highest BCUT2D eigenvalue weighted by Crippen LogP contribution is 2.26. The summed E-state index contributed by atoms with van der Waals surface area (Å²) >= 11 is 0. The van der Waals surface area contributed by atoms with E-state index in [0.717, 1.165) is 0 Å². The summed E-state index contributed by atoms with van der Waals surface area (Å²) in [5, 5.41) is 8.70. The third-order valence-corrected chi connectivity index (χ3v) is 2.34. The Hall–Kier alpha value is -1.29. The van der Waals surface area contributed by atoms with Crippen molar-refractivity contribution in [3.05, 3.63) is 35.9 Å². The van der Waals surface area contributed by atoms with E-state index in [1.165, 1.54) is 5.56 Å². The summed E-state index contributed by atoms with van der Waals surface area (Å²) in [5.74, 6) is 0.910. The highest BCUT2D eigenvalue weighted by Gasteiger charge is 2.14. The van der Waals surface area contributed by atoms with Crippen LogP contribution in [0.25, 0.3) is 0 Å². The van der Waals surface area contributed by atoms with E-state index in [9.17, 15) is 0 Å². The predicted molar refractivity (Wildman–Crippen MR) is 54.3 cm³/mol. The van der Waals surface area contributed by atoms with Crippen LogP contribution in [0.2, 0.25) is 0 Å². The van der Waals surface area contributed by atoms with E-state index in [1.54, 1.807) is 0 Å². The molecule has 1 aromatic rings. The second kappa shape index (κ2) is 4.67. The van der Waals surface area contributed by atoms with Gasteiger partial charge in [0.05, 0.1) is 6.07 Å². The Bertz CT molecular complexity index is 282. The highest BCUT2D eigenvalue weighted by atomic mass is 14.3. The van der Waals surface area contributed by atoms with Gasteiger partial charge < -0.3 is 0 Å². The summed E-state index contributed by atoms with van der Waals surface area (Å²) in [7, 11) is 0. The maximum absolute atomic E-state index is 8.70. The third kappa shape index (κ3) is 2.59. The normalized spacial score (nSPS) is 12.5. The van der Waals surface area contributed by atoms with Gasteiger partial charge in [0, 0.05) is 6.42 Å². The van der Waals surface area contributed by atoms with Crippen LogP contribution < -0.4 is 0 Å². The highest BCUT2D eigenvalue weighted by molar-refractivity contribution is 5.21. The Kier molecular flexibility index (Phi) is 3.52. The molecule has 68 valence electrons. The molecule has 0 radical (unpaired) electrons. The van der Waals surface area contributed by atoms with Crippen LogP contribution in [-0.4, -0.2) is 0 Å². The van der Waals surface area contributed by atoms with Crippen molar-refractivity contribution in [1.82, 2.24) is 0 Å². The SMILES string of the molecule is CC(C)[C@@H](CC#N)c1ccccc1. The van der Waals surface area contributed by atoms with Gasteiger partial charge >= 0.3 is 0 Å². The standard InChI is InChI=1S/C12H15N/c1-10(2)12(8-9-13)11-6-4-3-5-7-11/h3-7,10,12H,8H2,1-2H3/t12-/m1/s1. The van der Waals surface area contributed by atoms with Gasteiger partial charge in [0.25, 0.3) is 0 Å². The average Bonchev–Trinajstić information content (AvgIpc) is 2.15. The molecule has 1 aromatic carbocycles. The molecule has 1 heteroatoms. The second-order valence-corrected chi connectivity index (χ2v) is 3.62. The van der Waals surface area contributed by atoms with Gasteiger partial charge in [-0.15, -0.1) is 0 Å². The van der Waals surface area contributed by atoms with Gasteiger partial charge in [0.2, 0.25) is 0 Å². The first kappa shape index (κ1) is 9.80. The predicted octanol–water partition coefficient (Wildman–Crippen LogP) is 3.34. The smallest absolute Gasteiger partial charge is 0.0628 e. The van der Waals surface area contributed by atoms with Crippen molar-refractivity contribution in [2.45, 2.75) is 26.2 Å². The van der Waals surface area contributed by atoms with Crippen LogP contribution in [0.15, 0.2) is 30.3 Å². The van der Waals surface area contributed by atoms with Gasteiger partial charge in [-0.05, 0) is 17.4 Å². The molecule has 0 aliphatic heterocycles. The van der Waals surface area contributed by atoms with E-state index in [-0.39, 0.29) is 0 Å². The molecular formula is C12H15N. The molecule has 0 amide bonds. The molecule has 1 nitrogen and oxygen atoms in total. The van der Waals surface area contributed by atoms with Crippen molar-refractivity contribution in [3.63, 3.8) is 0 Å². The first-order valence-electron chi connectivity index (χ1n) is 4.67. The lowest BCUT2D eigenvalue weighted by Crippen LogP contribution is -2.05. The molecule has 13 heavy (non-hydrogen) atoms. The van der Waals surface area contributed by atoms with E-state index in [0.29, 0.717) is 18.3 Å². The Morgan fingerprint density at radius 3 is 2.31 bits per heavy atom. The van der Waals surface area contributed by atoms with Gasteiger partial charge in [-0.3, -0.25) is 0 Å². The molecule has 0 saturated heterocycles. The molecule has 0 aliphatic rings. The van der Waals surface area contributed by atoms with Gasteiger partial charge in [-0.2, -0.15) is 5.26 Å². The molecule has 0 unspecified atom stereocenters. The fourth-order valence-corrected chi connectivity index (χ4v) is 1.54. The summed E-state index contributed by atoms with van der Waals surface area (Å²) in [6.45, 7) is 4.32. The monoisotopic (exact) mass is 173 g/mol. The van der Waals surface area contributed by atoms with Gasteiger partial charge in [-0.25, -0.2) is 0 Å². The largest absolute Gasteiger partial charge is 0.198 e. The zero-order chi connectivity index (χ0) is 9.68. The number of hydrogen-bond donors (Lipinski definition) is 0. The molecule has 1 atom stereocenters. The van der Waals surface area contributed by atoms with Crippen molar-refractivity contribution < 1.29 is 0 Å². The Morgan fingerprint density at radius 2 is 1.85 bits per heavy atom. The molecule has 1 rings (SSSR count). The Morgan fingerprint density at radius 1 is 1.23 bits per heavy atom. The van der Waals surface area contributed by atoms with Crippen LogP contribution in [0.1, 0.15) is 31.7 Å². The summed E-state index contributed by atoms with van der Waals surface area (Å²) in [6.07, 6.45) is 0.613. The van der Waals surface area contributed by atoms with Crippen LogP contribution in [0.4, 0.5) is 0 Å². The van der Waals surface area contributed by atoms with E-state index in [2.05, 4.69) is 32.0 Å². The molecule has 0 bridgehead atoms. The Balaban J connectivity index is 2.84. The molecule has 0 saturated carbocycles. The molecule has 0 heterocycles. The summed E-state index contributed by atoms with van der Waals surface area (Å²) in [5.41, 5.74) is 1.28. The van der Waals surface area contributed by atoms with Gasteiger partial charge in [-0.1, -0.05) is 44.2 Å². The van der Waals surface area contributed by atoms with Crippen molar-refractivity contribution in [2.24, 2.45) is 5.92 Å². The topological polar surface area (TPSA) is 23.8 Å². The maximum Gasteiger partial charge on any atom is 0.0628 e. The van der Waals surface area contributed by atoms with Gasteiger partial charge in [0.15, 0.2) is 0 Å². The number of nitrogens with zero attached hydrogens (tertiary/aromatic N) is 1. The van der Waals surface area contributed by atoms with Crippen LogP contribution >= 0.6 is 0 Å².